The summed E-state index contributed by atoms with van der Waals surface area (Å²) in [7, 11) is 0. The predicted octanol–water partition coefficient (Wildman–Crippen LogP) is 2.54. The molecular formula is C12H14F2N2O. The molecule has 0 aliphatic carbocycles. The summed E-state index contributed by atoms with van der Waals surface area (Å²) in [4.78, 5) is 0. The minimum atomic E-state index is -2.80. The van der Waals surface area contributed by atoms with Crippen molar-refractivity contribution in [1.82, 2.24) is 5.32 Å². The molecule has 1 aromatic rings. The number of hydrogen-bond acceptors (Lipinski definition) is 3. The van der Waals surface area contributed by atoms with Gasteiger partial charge in [0.05, 0.1) is 12.0 Å². The molecule has 0 spiro atoms. The Morgan fingerprint density at radius 2 is 2.00 bits per heavy atom. The zero-order chi connectivity index (χ0) is 12.7. The number of ether oxygens (including phenoxy) is 1. The van der Waals surface area contributed by atoms with Gasteiger partial charge in [0.15, 0.2) is 0 Å². The summed E-state index contributed by atoms with van der Waals surface area (Å²) < 4.78 is 28.0. The summed E-state index contributed by atoms with van der Waals surface area (Å²) in [6.07, 6.45) is 0. The molecule has 0 heterocycles. The highest BCUT2D eigenvalue weighted by atomic mass is 19.3. The van der Waals surface area contributed by atoms with E-state index in [-0.39, 0.29) is 11.7 Å². The van der Waals surface area contributed by atoms with Crippen molar-refractivity contribution >= 4 is 0 Å². The number of nitrogens with zero attached hydrogens (tertiary/aromatic N) is 1. The first-order valence-electron chi connectivity index (χ1n) is 5.26. The van der Waals surface area contributed by atoms with Crippen molar-refractivity contribution in [3.63, 3.8) is 0 Å². The van der Waals surface area contributed by atoms with E-state index >= 15 is 0 Å². The van der Waals surface area contributed by atoms with E-state index in [9.17, 15) is 8.78 Å². The second kappa shape index (κ2) is 6.81. The lowest BCUT2D eigenvalue weighted by Gasteiger charge is -2.07. The highest BCUT2D eigenvalue weighted by Crippen LogP contribution is 2.14. The first-order chi connectivity index (χ1) is 8.11. The van der Waals surface area contributed by atoms with Crippen molar-refractivity contribution in [2.24, 2.45) is 5.92 Å². The zero-order valence-electron chi connectivity index (χ0n) is 9.49. The van der Waals surface area contributed by atoms with Gasteiger partial charge in [0.25, 0.3) is 0 Å². The van der Waals surface area contributed by atoms with E-state index in [2.05, 4.69) is 16.1 Å². The molecule has 1 atom stereocenters. The van der Waals surface area contributed by atoms with Crippen LogP contribution >= 0.6 is 0 Å². The Bertz CT molecular complexity index is 373. The van der Waals surface area contributed by atoms with Gasteiger partial charge in [-0.15, -0.1) is 0 Å². The summed E-state index contributed by atoms with van der Waals surface area (Å²) in [6, 6.07) is 8.53. The Kier molecular flexibility index (Phi) is 5.37. The lowest BCUT2D eigenvalue weighted by Crippen LogP contribution is -2.19. The van der Waals surface area contributed by atoms with Crippen molar-refractivity contribution in [3.05, 3.63) is 29.8 Å². The molecule has 92 valence electrons. The third kappa shape index (κ3) is 5.27. The van der Waals surface area contributed by atoms with E-state index in [1.807, 2.05) is 6.92 Å². The number of rotatable bonds is 6. The van der Waals surface area contributed by atoms with E-state index in [4.69, 9.17) is 5.26 Å². The second-order valence-corrected chi connectivity index (χ2v) is 3.68. The van der Waals surface area contributed by atoms with Crippen LogP contribution in [-0.4, -0.2) is 13.2 Å². The smallest absolute Gasteiger partial charge is 0.387 e. The Labute approximate surface area is 99.0 Å². The van der Waals surface area contributed by atoms with Gasteiger partial charge >= 0.3 is 6.61 Å². The maximum atomic E-state index is 11.9. The van der Waals surface area contributed by atoms with Crippen LogP contribution in [0.4, 0.5) is 8.78 Å². The van der Waals surface area contributed by atoms with Crippen LogP contribution in [0.2, 0.25) is 0 Å². The zero-order valence-corrected chi connectivity index (χ0v) is 9.49. The van der Waals surface area contributed by atoms with Crippen molar-refractivity contribution in [3.8, 4) is 11.8 Å². The van der Waals surface area contributed by atoms with Crippen molar-refractivity contribution < 1.29 is 13.5 Å². The monoisotopic (exact) mass is 240 g/mol. The SMILES string of the molecule is CC(C#N)CNCc1ccc(OC(F)F)cc1. The molecule has 1 aromatic carbocycles. The maximum Gasteiger partial charge on any atom is 0.387 e. The van der Waals surface area contributed by atoms with Gasteiger partial charge in [-0.3, -0.25) is 0 Å². The van der Waals surface area contributed by atoms with Crippen LogP contribution in [0.25, 0.3) is 0 Å². The van der Waals surface area contributed by atoms with Crippen LogP contribution < -0.4 is 10.1 Å². The average molecular weight is 240 g/mol. The molecule has 0 saturated carbocycles. The van der Waals surface area contributed by atoms with Crippen molar-refractivity contribution in [1.29, 1.82) is 5.26 Å². The lowest BCUT2D eigenvalue weighted by molar-refractivity contribution is -0.0498. The van der Waals surface area contributed by atoms with Crippen LogP contribution in [-0.2, 0) is 6.54 Å². The van der Waals surface area contributed by atoms with E-state index in [1.165, 1.54) is 12.1 Å². The molecule has 1 unspecified atom stereocenters. The third-order valence-electron chi connectivity index (χ3n) is 2.15. The van der Waals surface area contributed by atoms with Crippen molar-refractivity contribution in [2.45, 2.75) is 20.1 Å². The molecule has 0 fully saturated rings. The number of nitrogens with one attached hydrogen (secondary N) is 1. The van der Waals surface area contributed by atoms with Crippen molar-refractivity contribution in [2.75, 3.05) is 6.54 Å². The second-order valence-electron chi connectivity index (χ2n) is 3.68. The predicted molar refractivity (Wildman–Crippen MR) is 59.6 cm³/mol. The van der Waals surface area contributed by atoms with E-state index in [0.29, 0.717) is 13.1 Å². The van der Waals surface area contributed by atoms with Gasteiger partial charge in [-0.25, -0.2) is 0 Å². The van der Waals surface area contributed by atoms with Crippen LogP contribution in [0.5, 0.6) is 5.75 Å². The normalized spacial score (nSPS) is 12.2. The molecule has 0 radical (unpaired) electrons. The molecule has 1 N–H and O–H groups in total. The largest absolute Gasteiger partial charge is 0.435 e. The highest BCUT2D eigenvalue weighted by Gasteiger charge is 2.03. The molecule has 0 amide bonds. The molecule has 0 saturated heterocycles. The maximum absolute atomic E-state index is 11.9. The first-order valence-corrected chi connectivity index (χ1v) is 5.26. The molecule has 17 heavy (non-hydrogen) atoms. The summed E-state index contributed by atoms with van der Waals surface area (Å²) in [5, 5.41) is 11.7. The fraction of sp³-hybridized carbons (Fsp3) is 0.417. The van der Waals surface area contributed by atoms with Gasteiger partial charge in [-0.1, -0.05) is 12.1 Å². The Hall–Kier alpha value is -1.67. The molecule has 1 rings (SSSR count). The standard InChI is InChI=1S/C12H14F2N2O/c1-9(6-15)7-16-8-10-2-4-11(5-3-10)17-12(13)14/h2-5,9,12,16H,7-8H2,1H3. The molecule has 0 bridgehead atoms. The van der Waals surface area contributed by atoms with Crippen LogP contribution in [0.15, 0.2) is 24.3 Å². The minimum Gasteiger partial charge on any atom is -0.435 e. The van der Waals surface area contributed by atoms with E-state index in [0.717, 1.165) is 5.56 Å². The summed E-state index contributed by atoms with van der Waals surface area (Å²) in [5.41, 5.74) is 0.955. The third-order valence-corrected chi connectivity index (χ3v) is 2.15. The topological polar surface area (TPSA) is 45.0 Å². The van der Waals surface area contributed by atoms with Crippen LogP contribution in [0.3, 0.4) is 0 Å². The first kappa shape index (κ1) is 13.4. The number of benzene rings is 1. The minimum absolute atomic E-state index is 0.0450. The van der Waals surface area contributed by atoms with Gasteiger partial charge < -0.3 is 10.1 Å². The number of nitriles is 1. The number of hydrogen-bond donors (Lipinski definition) is 1. The number of halogens is 2. The van der Waals surface area contributed by atoms with Gasteiger partial charge in [0.2, 0.25) is 0 Å². The fourth-order valence-electron chi connectivity index (χ4n) is 1.27. The highest BCUT2D eigenvalue weighted by molar-refractivity contribution is 5.27. The Morgan fingerprint density at radius 1 is 1.35 bits per heavy atom. The number of alkyl halides is 2. The lowest BCUT2D eigenvalue weighted by atomic mass is 10.2. The Balaban J connectivity index is 2.38. The molecule has 3 nitrogen and oxygen atoms in total. The van der Waals surface area contributed by atoms with Gasteiger partial charge in [0, 0.05) is 13.1 Å². The molecule has 5 heteroatoms. The quantitative estimate of drug-likeness (QED) is 0.831. The van der Waals surface area contributed by atoms with E-state index in [1.54, 1.807) is 12.1 Å². The average Bonchev–Trinajstić information content (AvgIpc) is 2.30. The van der Waals surface area contributed by atoms with Gasteiger partial charge in [-0.05, 0) is 24.6 Å². The Morgan fingerprint density at radius 3 is 2.53 bits per heavy atom. The summed E-state index contributed by atoms with van der Waals surface area (Å²) in [6.45, 7) is 0.231. The summed E-state index contributed by atoms with van der Waals surface area (Å²) in [5.74, 6) is 0.102. The molecule has 0 aliphatic rings. The molecular weight excluding hydrogens is 226 g/mol. The van der Waals surface area contributed by atoms with Crippen LogP contribution in [0, 0.1) is 17.2 Å². The van der Waals surface area contributed by atoms with Gasteiger partial charge in [0.1, 0.15) is 5.75 Å². The van der Waals surface area contributed by atoms with E-state index < -0.39 is 6.61 Å². The van der Waals surface area contributed by atoms with Gasteiger partial charge in [-0.2, -0.15) is 14.0 Å². The van der Waals surface area contributed by atoms with Crippen LogP contribution in [0.1, 0.15) is 12.5 Å². The molecule has 0 aliphatic heterocycles. The fourth-order valence-corrected chi connectivity index (χ4v) is 1.27. The summed E-state index contributed by atoms with van der Waals surface area (Å²) >= 11 is 0. The molecule has 0 aromatic heterocycles.